The zero-order valence-corrected chi connectivity index (χ0v) is 17.9. The number of aromatic nitrogens is 1. The number of anilines is 1. The van der Waals surface area contributed by atoms with Gasteiger partial charge in [-0.25, -0.2) is 4.98 Å². The second-order valence-corrected chi connectivity index (χ2v) is 8.25. The van der Waals surface area contributed by atoms with Crippen molar-refractivity contribution in [1.82, 2.24) is 10.3 Å². The lowest BCUT2D eigenvalue weighted by atomic mass is 10.1. The Kier molecular flexibility index (Phi) is 5.95. The number of benzene rings is 2. The summed E-state index contributed by atoms with van der Waals surface area (Å²) >= 11 is 1.42. The van der Waals surface area contributed by atoms with Crippen LogP contribution in [0.15, 0.2) is 77.4 Å². The fraction of sp³-hybridized carbons (Fsp3) is 0.125. The van der Waals surface area contributed by atoms with Gasteiger partial charge in [-0.2, -0.15) is 0 Å². The minimum Gasteiger partial charge on any atom is -0.462 e. The van der Waals surface area contributed by atoms with Gasteiger partial charge in [-0.1, -0.05) is 30.3 Å². The van der Waals surface area contributed by atoms with Crippen molar-refractivity contribution >= 4 is 28.8 Å². The summed E-state index contributed by atoms with van der Waals surface area (Å²) in [5.41, 5.74) is 2.51. The van der Waals surface area contributed by atoms with E-state index >= 15 is 0 Å². The Morgan fingerprint density at radius 1 is 1.00 bits per heavy atom. The highest BCUT2D eigenvalue weighted by molar-refractivity contribution is 7.15. The first-order chi connectivity index (χ1) is 15.0. The van der Waals surface area contributed by atoms with Gasteiger partial charge in [0.15, 0.2) is 10.8 Å². The average Bonchev–Trinajstić information content (AvgIpc) is 3.44. The SMILES string of the molecule is Cc1sc(-c2ccco2)nc1C(=O)NC(C)c1cccc(NC(=O)c2ccccc2)c1. The van der Waals surface area contributed by atoms with E-state index in [1.807, 2.05) is 62.4 Å². The molecule has 6 nitrogen and oxygen atoms in total. The van der Waals surface area contributed by atoms with Crippen molar-refractivity contribution in [2.45, 2.75) is 19.9 Å². The molecule has 2 amide bonds. The number of carbonyl (C=O) groups excluding carboxylic acids is 2. The number of nitrogens with one attached hydrogen (secondary N) is 2. The van der Waals surface area contributed by atoms with Gasteiger partial charge < -0.3 is 15.1 Å². The van der Waals surface area contributed by atoms with Gasteiger partial charge in [0.05, 0.1) is 12.3 Å². The van der Waals surface area contributed by atoms with Crippen molar-refractivity contribution in [1.29, 1.82) is 0 Å². The van der Waals surface area contributed by atoms with Gasteiger partial charge in [-0.3, -0.25) is 9.59 Å². The molecule has 2 aromatic heterocycles. The van der Waals surface area contributed by atoms with E-state index in [2.05, 4.69) is 15.6 Å². The normalized spacial score (nSPS) is 11.7. The van der Waals surface area contributed by atoms with Crippen LogP contribution in [-0.4, -0.2) is 16.8 Å². The monoisotopic (exact) mass is 431 g/mol. The van der Waals surface area contributed by atoms with Crippen molar-refractivity contribution in [3.8, 4) is 10.8 Å². The van der Waals surface area contributed by atoms with E-state index < -0.39 is 0 Å². The van der Waals surface area contributed by atoms with Gasteiger partial charge in [0.2, 0.25) is 0 Å². The maximum atomic E-state index is 12.8. The van der Waals surface area contributed by atoms with E-state index in [1.54, 1.807) is 24.5 Å². The fourth-order valence-corrected chi connectivity index (χ4v) is 4.02. The molecule has 0 fully saturated rings. The van der Waals surface area contributed by atoms with Crippen LogP contribution in [0.3, 0.4) is 0 Å². The largest absolute Gasteiger partial charge is 0.462 e. The number of hydrogen-bond donors (Lipinski definition) is 2. The molecule has 0 aliphatic rings. The van der Waals surface area contributed by atoms with E-state index in [9.17, 15) is 9.59 Å². The number of carbonyl (C=O) groups is 2. The first-order valence-corrected chi connectivity index (χ1v) is 10.6. The third-order valence-corrected chi connectivity index (χ3v) is 5.76. The minimum atomic E-state index is -0.269. The summed E-state index contributed by atoms with van der Waals surface area (Å²) in [4.78, 5) is 30.5. The molecule has 1 unspecified atom stereocenters. The summed E-state index contributed by atoms with van der Waals surface area (Å²) in [5.74, 6) is 0.206. The molecule has 7 heteroatoms. The molecule has 0 aliphatic heterocycles. The first kappa shape index (κ1) is 20.6. The van der Waals surface area contributed by atoms with Crippen LogP contribution in [0.25, 0.3) is 10.8 Å². The van der Waals surface area contributed by atoms with Crippen LogP contribution in [0, 0.1) is 6.92 Å². The standard InChI is InChI=1S/C24H21N3O3S/c1-15(25-23(29)21-16(2)31-24(27-21)20-12-7-13-30-20)18-10-6-11-19(14-18)26-22(28)17-8-4-3-5-9-17/h3-15H,1-2H3,(H,25,29)(H,26,28). The van der Waals surface area contributed by atoms with Gasteiger partial charge in [0.25, 0.3) is 11.8 Å². The van der Waals surface area contributed by atoms with Gasteiger partial charge in [-0.15, -0.1) is 11.3 Å². The Labute approximate surface area is 184 Å². The zero-order chi connectivity index (χ0) is 21.8. The molecule has 1 atom stereocenters. The van der Waals surface area contributed by atoms with Crippen molar-refractivity contribution in [2.75, 3.05) is 5.32 Å². The molecule has 156 valence electrons. The average molecular weight is 432 g/mol. The summed E-state index contributed by atoms with van der Waals surface area (Å²) in [5, 5.41) is 6.55. The molecule has 4 rings (SSSR count). The predicted octanol–water partition coefficient (Wildman–Crippen LogP) is 5.45. The highest BCUT2D eigenvalue weighted by Crippen LogP contribution is 2.28. The van der Waals surface area contributed by atoms with Crippen LogP contribution in [-0.2, 0) is 0 Å². The molecule has 2 heterocycles. The van der Waals surface area contributed by atoms with Crippen LogP contribution >= 0.6 is 11.3 Å². The lowest BCUT2D eigenvalue weighted by Crippen LogP contribution is -2.27. The highest BCUT2D eigenvalue weighted by Gasteiger charge is 2.20. The zero-order valence-electron chi connectivity index (χ0n) is 17.1. The number of nitrogens with zero attached hydrogens (tertiary/aromatic N) is 1. The summed E-state index contributed by atoms with van der Waals surface area (Å²) in [6.45, 7) is 3.76. The number of thiazole rings is 1. The fourth-order valence-electron chi connectivity index (χ4n) is 3.14. The number of aryl methyl sites for hydroxylation is 1. The molecule has 0 saturated heterocycles. The molecular weight excluding hydrogens is 410 g/mol. The number of rotatable bonds is 6. The maximum absolute atomic E-state index is 12.8. The number of furan rings is 1. The third kappa shape index (κ3) is 4.73. The van der Waals surface area contributed by atoms with Gasteiger partial charge >= 0.3 is 0 Å². The van der Waals surface area contributed by atoms with Crippen LogP contribution in [0.2, 0.25) is 0 Å². The first-order valence-electron chi connectivity index (χ1n) is 9.80. The molecule has 2 N–H and O–H groups in total. The Hall–Kier alpha value is -3.71. The lowest BCUT2D eigenvalue weighted by Gasteiger charge is -2.15. The van der Waals surface area contributed by atoms with E-state index in [4.69, 9.17) is 4.42 Å². The smallest absolute Gasteiger partial charge is 0.271 e. The van der Waals surface area contributed by atoms with E-state index in [1.165, 1.54) is 11.3 Å². The van der Waals surface area contributed by atoms with Gasteiger partial charge in [-0.05, 0) is 55.8 Å². The molecule has 31 heavy (non-hydrogen) atoms. The van der Waals surface area contributed by atoms with Gasteiger partial charge in [0, 0.05) is 16.1 Å². The summed E-state index contributed by atoms with van der Waals surface area (Å²) in [6, 6.07) is 19.8. The Balaban J connectivity index is 1.45. The minimum absolute atomic E-state index is 0.182. The molecule has 0 saturated carbocycles. The summed E-state index contributed by atoms with van der Waals surface area (Å²) in [6.07, 6.45) is 1.58. The molecule has 4 aromatic rings. The van der Waals surface area contributed by atoms with E-state index in [0.29, 0.717) is 27.7 Å². The molecule has 0 spiro atoms. The highest BCUT2D eigenvalue weighted by atomic mass is 32.1. The molecule has 2 aromatic carbocycles. The van der Waals surface area contributed by atoms with Gasteiger partial charge in [0.1, 0.15) is 5.69 Å². The second kappa shape index (κ2) is 8.97. The summed E-state index contributed by atoms with van der Waals surface area (Å²) in [7, 11) is 0. The quantitative estimate of drug-likeness (QED) is 0.425. The summed E-state index contributed by atoms with van der Waals surface area (Å²) < 4.78 is 5.38. The van der Waals surface area contributed by atoms with Crippen LogP contribution in [0.5, 0.6) is 0 Å². The van der Waals surface area contributed by atoms with Crippen LogP contribution < -0.4 is 10.6 Å². The third-order valence-electron chi connectivity index (χ3n) is 4.77. The Morgan fingerprint density at radius 3 is 2.55 bits per heavy atom. The van der Waals surface area contributed by atoms with Crippen molar-refractivity contribution in [3.05, 3.63) is 94.7 Å². The predicted molar refractivity (Wildman–Crippen MR) is 121 cm³/mol. The van der Waals surface area contributed by atoms with Crippen molar-refractivity contribution in [2.24, 2.45) is 0 Å². The number of hydrogen-bond acceptors (Lipinski definition) is 5. The van der Waals surface area contributed by atoms with Crippen molar-refractivity contribution in [3.63, 3.8) is 0 Å². The van der Waals surface area contributed by atoms with E-state index in [0.717, 1.165) is 10.4 Å². The Morgan fingerprint density at radius 2 is 1.81 bits per heavy atom. The maximum Gasteiger partial charge on any atom is 0.271 e. The topological polar surface area (TPSA) is 84.2 Å². The van der Waals surface area contributed by atoms with Crippen molar-refractivity contribution < 1.29 is 14.0 Å². The molecular formula is C24H21N3O3S. The second-order valence-electron chi connectivity index (χ2n) is 7.04. The molecule has 0 radical (unpaired) electrons. The molecule has 0 bridgehead atoms. The van der Waals surface area contributed by atoms with Crippen LogP contribution in [0.4, 0.5) is 5.69 Å². The lowest BCUT2D eigenvalue weighted by molar-refractivity contribution is 0.0934. The molecule has 0 aliphatic carbocycles. The van der Waals surface area contributed by atoms with E-state index in [-0.39, 0.29) is 17.9 Å². The van der Waals surface area contributed by atoms with Crippen LogP contribution in [0.1, 0.15) is 44.3 Å². The number of amides is 2. The Bertz CT molecular complexity index is 1200.